The van der Waals surface area contributed by atoms with Gasteiger partial charge in [0.15, 0.2) is 0 Å². The fourth-order valence-electron chi connectivity index (χ4n) is 3.18. The van der Waals surface area contributed by atoms with Crippen LogP contribution in [0, 0.1) is 17.7 Å². The fraction of sp³-hybridized carbons (Fsp3) is 0.273. The molecule has 28 heavy (non-hydrogen) atoms. The highest BCUT2D eigenvalue weighted by Crippen LogP contribution is 2.06. The third kappa shape index (κ3) is 4.28. The SMILES string of the molecule is O=c1c(CCN2CCOCC2)cnc2cc(C#Cc3cccc(F)c3)ccn12. The lowest BCUT2D eigenvalue weighted by molar-refractivity contribution is 0.0384. The van der Waals surface area contributed by atoms with E-state index in [4.69, 9.17) is 4.74 Å². The van der Waals surface area contributed by atoms with Crippen LogP contribution in [0.5, 0.6) is 0 Å². The molecule has 0 unspecified atom stereocenters. The molecule has 1 saturated heterocycles. The van der Waals surface area contributed by atoms with Crippen LogP contribution in [0.4, 0.5) is 4.39 Å². The van der Waals surface area contributed by atoms with Crippen LogP contribution < -0.4 is 5.56 Å². The van der Waals surface area contributed by atoms with Crippen LogP contribution in [0.1, 0.15) is 16.7 Å². The standard InChI is InChI=1S/C22H20FN3O2/c23-20-3-1-2-17(14-20)4-5-18-6-9-26-21(15-18)24-16-19(22(26)27)7-8-25-10-12-28-13-11-25/h1-3,6,9,14-16H,7-8,10-13H2. The topological polar surface area (TPSA) is 46.8 Å². The number of fused-ring (bicyclic) bond motifs is 1. The Morgan fingerprint density at radius 2 is 1.89 bits per heavy atom. The molecule has 6 heteroatoms. The number of morpholine rings is 1. The largest absolute Gasteiger partial charge is 0.379 e. The number of aromatic nitrogens is 2. The van der Waals surface area contributed by atoms with Crippen molar-refractivity contribution in [1.82, 2.24) is 14.3 Å². The molecule has 3 aromatic rings. The van der Waals surface area contributed by atoms with Crippen molar-refractivity contribution < 1.29 is 9.13 Å². The molecule has 0 aliphatic carbocycles. The summed E-state index contributed by atoms with van der Waals surface area (Å²) in [4.78, 5) is 19.5. The fourth-order valence-corrected chi connectivity index (χ4v) is 3.18. The minimum absolute atomic E-state index is 0.0529. The van der Waals surface area contributed by atoms with Gasteiger partial charge in [0.2, 0.25) is 0 Å². The predicted molar refractivity (Wildman–Crippen MR) is 105 cm³/mol. The van der Waals surface area contributed by atoms with Gasteiger partial charge in [-0.15, -0.1) is 0 Å². The zero-order chi connectivity index (χ0) is 19.3. The van der Waals surface area contributed by atoms with E-state index in [0.29, 0.717) is 23.2 Å². The summed E-state index contributed by atoms with van der Waals surface area (Å²) >= 11 is 0. The minimum atomic E-state index is -0.317. The first-order valence-corrected chi connectivity index (χ1v) is 9.27. The number of halogens is 1. The van der Waals surface area contributed by atoms with Crippen molar-refractivity contribution in [3.05, 3.63) is 81.7 Å². The van der Waals surface area contributed by atoms with Crippen LogP contribution in [0.2, 0.25) is 0 Å². The molecule has 5 nitrogen and oxygen atoms in total. The maximum absolute atomic E-state index is 13.2. The third-order valence-corrected chi connectivity index (χ3v) is 4.76. The molecule has 2 aromatic heterocycles. The molecule has 1 aliphatic heterocycles. The van der Waals surface area contributed by atoms with E-state index in [2.05, 4.69) is 21.7 Å². The Hall–Kier alpha value is -3.01. The zero-order valence-electron chi connectivity index (χ0n) is 15.4. The van der Waals surface area contributed by atoms with E-state index in [9.17, 15) is 9.18 Å². The van der Waals surface area contributed by atoms with E-state index in [0.717, 1.165) is 38.4 Å². The van der Waals surface area contributed by atoms with Gasteiger partial charge in [0.1, 0.15) is 11.5 Å². The summed E-state index contributed by atoms with van der Waals surface area (Å²) in [6.45, 7) is 4.11. The van der Waals surface area contributed by atoms with Crippen molar-refractivity contribution in [3.8, 4) is 11.8 Å². The summed E-state index contributed by atoms with van der Waals surface area (Å²) in [5, 5.41) is 0. The molecule has 1 fully saturated rings. The highest BCUT2D eigenvalue weighted by Gasteiger charge is 2.12. The summed E-state index contributed by atoms with van der Waals surface area (Å²) in [7, 11) is 0. The average Bonchev–Trinajstić information content (AvgIpc) is 2.72. The molecule has 0 bridgehead atoms. The molecule has 1 aliphatic rings. The molecule has 0 atom stereocenters. The second-order valence-electron chi connectivity index (χ2n) is 6.70. The van der Waals surface area contributed by atoms with Gasteiger partial charge in [-0.3, -0.25) is 14.1 Å². The van der Waals surface area contributed by atoms with Crippen LogP contribution in [0.3, 0.4) is 0 Å². The van der Waals surface area contributed by atoms with Gasteiger partial charge in [-0.2, -0.15) is 0 Å². The van der Waals surface area contributed by atoms with Gasteiger partial charge in [0, 0.05) is 48.7 Å². The van der Waals surface area contributed by atoms with Gasteiger partial charge >= 0.3 is 0 Å². The lowest BCUT2D eigenvalue weighted by atomic mass is 10.2. The van der Waals surface area contributed by atoms with Crippen LogP contribution in [-0.2, 0) is 11.2 Å². The third-order valence-electron chi connectivity index (χ3n) is 4.76. The molecule has 142 valence electrons. The van der Waals surface area contributed by atoms with Crippen molar-refractivity contribution in [1.29, 1.82) is 0 Å². The zero-order valence-corrected chi connectivity index (χ0v) is 15.4. The van der Waals surface area contributed by atoms with Gasteiger partial charge in [-0.05, 0) is 36.8 Å². The first-order valence-electron chi connectivity index (χ1n) is 9.27. The normalized spacial score (nSPS) is 14.6. The van der Waals surface area contributed by atoms with Crippen LogP contribution in [0.25, 0.3) is 5.65 Å². The molecule has 0 saturated carbocycles. The summed E-state index contributed by atoms with van der Waals surface area (Å²) in [5.74, 6) is 5.60. The quantitative estimate of drug-likeness (QED) is 0.656. The Morgan fingerprint density at radius 1 is 1.11 bits per heavy atom. The van der Waals surface area contributed by atoms with Crippen LogP contribution >= 0.6 is 0 Å². The summed E-state index contributed by atoms with van der Waals surface area (Å²) in [6.07, 6.45) is 4.01. The lowest BCUT2D eigenvalue weighted by Crippen LogP contribution is -2.38. The number of ether oxygens (including phenoxy) is 1. The van der Waals surface area contributed by atoms with Crippen molar-refractivity contribution in [2.24, 2.45) is 0 Å². The van der Waals surface area contributed by atoms with Gasteiger partial charge < -0.3 is 4.74 Å². The number of hydrogen-bond acceptors (Lipinski definition) is 4. The Bertz CT molecular complexity index is 1110. The molecule has 0 spiro atoms. The van der Waals surface area contributed by atoms with E-state index in [1.165, 1.54) is 12.1 Å². The van der Waals surface area contributed by atoms with Gasteiger partial charge in [-0.25, -0.2) is 9.37 Å². The molecule has 0 radical (unpaired) electrons. The van der Waals surface area contributed by atoms with Crippen LogP contribution in [0.15, 0.2) is 53.6 Å². The van der Waals surface area contributed by atoms with E-state index in [1.54, 1.807) is 41.1 Å². The minimum Gasteiger partial charge on any atom is -0.379 e. The molecule has 0 amide bonds. The molecular formula is C22H20FN3O2. The Balaban J connectivity index is 1.53. The van der Waals surface area contributed by atoms with Crippen molar-refractivity contribution >= 4 is 5.65 Å². The van der Waals surface area contributed by atoms with Crippen LogP contribution in [-0.4, -0.2) is 47.1 Å². The molecular weight excluding hydrogens is 357 g/mol. The monoisotopic (exact) mass is 377 g/mol. The first kappa shape index (κ1) is 18.4. The van der Waals surface area contributed by atoms with E-state index >= 15 is 0 Å². The molecule has 0 N–H and O–H groups in total. The highest BCUT2D eigenvalue weighted by atomic mass is 19.1. The maximum atomic E-state index is 13.2. The van der Waals surface area contributed by atoms with E-state index in [-0.39, 0.29) is 11.4 Å². The Kier molecular flexibility index (Phi) is 5.47. The lowest BCUT2D eigenvalue weighted by Gasteiger charge is -2.26. The summed E-state index contributed by atoms with van der Waals surface area (Å²) in [5.41, 5.74) is 2.51. The smallest absolute Gasteiger partial charge is 0.261 e. The first-order chi connectivity index (χ1) is 13.7. The number of rotatable bonds is 3. The number of nitrogens with zero attached hydrogens (tertiary/aromatic N) is 3. The van der Waals surface area contributed by atoms with E-state index in [1.807, 2.05) is 0 Å². The van der Waals surface area contributed by atoms with Crippen molar-refractivity contribution in [2.45, 2.75) is 6.42 Å². The van der Waals surface area contributed by atoms with E-state index < -0.39 is 0 Å². The molecule has 3 heterocycles. The highest BCUT2D eigenvalue weighted by molar-refractivity contribution is 5.50. The molecule has 1 aromatic carbocycles. The Labute approximate surface area is 162 Å². The van der Waals surface area contributed by atoms with Gasteiger partial charge in [-0.1, -0.05) is 17.9 Å². The summed E-state index contributed by atoms with van der Waals surface area (Å²) < 4.78 is 20.1. The van der Waals surface area contributed by atoms with Gasteiger partial charge in [0.05, 0.1) is 13.2 Å². The number of benzene rings is 1. The van der Waals surface area contributed by atoms with Gasteiger partial charge in [0.25, 0.3) is 5.56 Å². The molecule has 4 rings (SSSR count). The van der Waals surface area contributed by atoms with Crippen molar-refractivity contribution in [3.63, 3.8) is 0 Å². The second-order valence-corrected chi connectivity index (χ2v) is 6.70. The summed E-state index contributed by atoms with van der Waals surface area (Å²) in [6, 6.07) is 9.68. The maximum Gasteiger partial charge on any atom is 0.261 e. The Morgan fingerprint density at radius 3 is 2.68 bits per heavy atom. The second kappa shape index (κ2) is 8.34. The predicted octanol–water partition coefficient (Wildman–Crippen LogP) is 2.11. The number of pyridine rings is 1. The van der Waals surface area contributed by atoms with Crippen molar-refractivity contribution in [2.75, 3.05) is 32.8 Å². The average molecular weight is 377 g/mol. The number of hydrogen-bond donors (Lipinski definition) is 0.